The van der Waals surface area contributed by atoms with Gasteiger partial charge in [0.05, 0.1) is 12.2 Å². The molecular weight excluding hydrogens is 292 g/mol. The number of esters is 1. The topological polar surface area (TPSA) is 71.2 Å². The summed E-state index contributed by atoms with van der Waals surface area (Å²) < 4.78 is 5.04. The number of hydrogen-bond donors (Lipinski definition) is 2. The van der Waals surface area contributed by atoms with E-state index < -0.39 is 5.97 Å². The Balaban J connectivity index is 2.18. The van der Waals surface area contributed by atoms with Crippen molar-refractivity contribution in [1.29, 1.82) is 0 Å². The third kappa shape index (κ3) is 3.59. The second kappa shape index (κ2) is 7.20. The first kappa shape index (κ1) is 17.6. The van der Waals surface area contributed by atoms with Crippen LogP contribution in [0, 0.1) is 25.7 Å². The highest BCUT2D eigenvalue weighted by Gasteiger charge is 2.30. The second-order valence-electron chi connectivity index (χ2n) is 6.69. The van der Waals surface area contributed by atoms with E-state index >= 15 is 0 Å². The van der Waals surface area contributed by atoms with E-state index in [0.717, 1.165) is 12.8 Å². The Morgan fingerprint density at radius 1 is 1.26 bits per heavy atom. The monoisotopic (exact) mass is 320 g/mol. The minimum Gasteiger partial charge on any atom is -0.461 e. The Morgan fingerprint density at radius 2 is 1.96 bits per heavy atom. The summed E-state index contributed by atoms with van der Waals surface area (Å²) in [5, 5.41) is 3.17. The van der Waals surface area contributed by atoms with Gasteiger partial charge in [-0.1, -0.05) is 26.7 Å². The van der Waals surface area contributed by atoms with Crippen LogP contribution in [0.25, 0.3) is 0 Å². The number of nitrogens with one attached hydrogen (secondary N) is 2. The number of aryl methyl sites for hydroxylation is 1. The van der Waals surface area contributed by atoms with Crippen LogP contribution >= 0.6 is 0 Å². The molecule has 0 unspecified atom stereocenters. The first-order chi connectivity index (χ1) is 10.9. The SMILES string of the molecule is CCOC(=O)c1[nH]c(C)c(C(=O)N[C@@H]2CCC[C@H](C)[C@@H]2C)c1C. The highest BCUT2D eigenvalue weighted by atomic mass is 16.5. The molecule has 23 heavy (non-hydrogen) atoms. The van der Waals surface area contributed by atoms with E-state index in [9.17, 15) is 9.59 Å². The van der Waals surface area contributed by atoms with Crippen molar-refractivity contribution in [3.63, 3.8) is 0 Å². The van der Waals surface area contributed by atoms with Gasteiger partial charge in [0.1, 0.15) is 5.69 Å². The number of ether oxygens (including phenoxy) is 1. The van der Waals surface area contributed by atoms with Crippen molar-refractivity contribution in [2.24, 2.45) is 11.8 Å². The molecule has 1 heterocycles. The predicted molar refractivity (Wildman–Crippen MR) is 89.7 cm³/mol. The summed E-state index contributed by atoms with van der Waals surface area (Å²) in [4.78, 5) is 27.7. The summed E-state index contributed by atoms with van der Waals surface area (Å²) in [5.41, 5.74) is 2.31. The molecule has 1 fully saturated rings. The minimum atomic E-state index is -0.410. The molecule has 0 aliphatic heterocycles. The lowest BCUT2D eigenvalue weighted by molar-refractivity contribution is 0.0519. The average molecular weight is 320 g/mol. The maximum absolute atomic E-state index is 12.7. The summed E-state index contributed by atoms with van der Waals surface area (Å²) in [5.74, 6) is 0.582. The maximum atomic E-state index is 12.7. The van der Waals surface area contributed by atoms with Gasteiger partial charge in [-0.3, -0.25) is 4.79 Å². The molecule has 5 heteroatoms. The van der Waals surface area contributed by atoms with Gasteiger partial charge >= 0.3 is 5.97 Å². The van der Waals surface area contributed by atoms with E-state index in [0.29, 0.717) is 41.0 Å². The van der Waals surface area contributed by atoms with Gasteiger partial charge in [-0.05, 0) is 44.6 Å². The van der Waals surface area contributed by atoms with Gasteiger partial charge in [-0.2, -0.15) is 0 Å². The van der Waals surface area contributed by atoms with Crippen LogP contribution in [0.15, 0.2) is 0 Å². The normalized spacial score (nSPS) is 24.3. The summed E-state index contributed by atoms with van der Waals surface area (Å²) in [6, 6.07) is 0.200. The van der Waals surface area contributed by atoms with Gasteiger partial charge in [-0.25, -0.2) is 4.79 Å². The molecule has 1 aromatic rings. The molecule has 128 valence electrons. The molecule has 2 rings (SSSR count). The summed E-state index contributed by atoms with van der Waals surface area (Å²) >= 11 is 0. The van der Waals surface area contributed by atoms with Crippen LogP contribution in [0.3, 0.4) is 0 Å². The molecule has 3 atom stereocenters. The Hall–Kier alpha value is -1.78. The molecule has 1 aromatic heterocycles. The number of aromatic amines is 1. The van der Waals surface area contributed by atoms with Crippen LogP contribution in [0.5, 0.6) is 0 Å². The zero-order valence-electron chi connectivity index (χ0n) is 14.8. The smallest absolute Gasteiger partial charge is 0.355 e. The van der Waals surface area contributed by atoms with E-state index in [2.05, 4.69) is 24.1 Å². The Bertz CT molecular complexity index is 591. The first-order valence-corrected chi connectivity index (χ1v) is 8.53. The summed E-state index contributed by atoms with van der Waals surface area (Å²) in [7, 11) is 0. The molecule has 2 N–H and O–H groups in total. The molecule has 1 saturated carbocycles. The number of H-pyrrole nitrogens is 1. The summed E-state index contributed by atoms with van der Waals surface area (Å²) in [6.45, 7) is 10.1. The van der Waals surface area contributed by atoms with Crippen molar-refractivity contribution >= 4 is 11.9 Å². The maximum Gasteiger partial charge on any atom is 0.355 e. The molecule has 0 aromatic carbocycles. The van der Waals surface area contributed by atoms with Crippen molar-refractivity contribution in [2.45, 2.75) is 59.9 Å². The van der Waals surface area contributed by atoms with Crippen LogP contribution in [0.1, 0.15) is 72.1 Å². The lowest BCUT2D eigenvalue weighted by Crippen LogP contribution is -2.43. The minimum absolute atomic E-state index is 0.0993. The molecule has 0 saturated heterocycles. The van der Waals surface area contributed by atoms with Crippen LogP contribution in [-0.4, -0.2) is 29.5 Å². The number of rotatable bonds is 4. The molecular formula is C18H28N2O3. The molecule has 5 nitrogen and oxygen atoms in total. The molecule has 0 spiro atoms. The Labute approximate surface area is 138 Å². The van der Waals surface area contributed by atoms with Crippen molar-refractivity contribution in [1.82, 2.24) is 10.3 Å². The van der Waals surface area contributed by atoms with Gasteiger partial charge in [0.15, 0.2) is 0 Å². The van der Waals surface area contributed by atoms with Crippen LogP contribution in [-0.2, 0) is 4.74 Å². The number of amides is 1. The van der Waals surface area contributed by atoms with Gasteiger partial charge in [0.25, 0.3) is 5.91 Å². The Morgan fingerprint density at radius 3 is 2.61 bits per heavy atom. The van der Waals surface area contributed by atoms with E-state index in [1.807, 2.05) is 6.92 Å². The van der Waals surface area contributed by atoms with Crippen molar-refractivity contribution in [2.75, 3.05) is 6.61 Å². The zero-order chi connectivity index (χ0) is 17.1. The Kier molecular flexibility index (Phi) is 5.50. The van der Waals surface area contributed by atoms with Crippen molar-refractivity contribution < 1.29 is 14.3 Å². The van der Waals surface area contributed by atoms with Gasteiger partial charge in [-0.15, -0.1) is 0 Å². The quantitative estimate of drug-likeness (QED) is 0.836. The second-order valence-corrected chi connectivity index (χ2v) is 6.69. The average Bonchev–Trinajstić information content (AvgIpc) is 2.79. The lowest BCUT2D eigenvalue weighted by Gasteiger charge is -2.34. The van der Waals surface area contributed by atoms with Gasteiger partial charge in [0, 0.05) is 11.7 Å². The fourth-order valence-electron chi connectivity index (χ4n) is 3.52. The van der Waals surface area contributed by atoms with E-state index in [-0.39, 0.29) is 11.9 Å². The van der Waals surface area contributed by atoms with Crippen molar-refractivity contribution in [3.8, 4) is 0 Å². The standard InChI is InChI=1S/C18H28N2O3/c1-6-23-18(22)16-12(4)15(13(5)19-16)17(21)20-14-9-7-8-10(2)11(14)3/h10-11,14,19H,6-9H2,1-5H3,(H,20,21)/t10-,11-,14+/m0/s1. The van der Waals surface area contributed by atoms with Crippen LogP contribution < -0.4 is 5.32 Å². The molecule has 1 aliphatic rings. The van der Waals surface area contributed by atoms with E-state index in [1.54, 1.807) is 13.8 Å². The zero-order valence-corrected chi connectivity index (χ0v) is 14.8. The van der Waals surface area contributed by atoms with Gasteiger partial charge in [0.2, 0.25) is 0 Å². The highest BCUT2D eigenvalue weighted by molar-refractivity contribution is 6.01. The van der Waals surface area contributed by atoms with Gasteiger partial charge < -0.3 is 15.0 Å². The van der Waals surface area contributed by atoms with Crippen LogP contribution in [0.2, 0.25) is 0 Å². The van der Waals surface area contributed by atoms with E-state index in [1.165, 1.54) is 6.42 Å². The fourth-order valence-corrected chi connectivity index (χ4v) is 3.52. The molecule has 1 aliphatic carbocycles. The van der Waals surface area contributed by atoms with Crippen molar-refractivity contribution in [3.05, 3.63) is 22.5 Å². The third-order valence-corrected chi connectivity index (χ3v) is 5.17. The lowest BCUT2D eigenvalue weighted by atomic mass is 9.78. The number of carbonyl (C=O) groups is 2. The number of carbonyl (C=O) groups excluding carboxylic acids is 2. The third-order valence-electron chi connectivity index (χ3n) is 5.17. The number of hydrogen-bond acceptors (Lipinski definition) is 3. The molecule has 1 amide bonds. The molecule has 0 radical (unpaired) electrons. The first-order valence-electron chi connectivity index (χ1n) is 8.53. The fraction of sp³-hybridized carbons (Fsp3) is 0.667. The highest BCUT2D eigenvalue weighted by Crippen LogP contribution is 2.30. The van der Waals surface area contributed by atoms with E-state index in [4.69, 9.17) is 4.74 Å². The number of aromatic nitrogens is 1. The predicted octanol–water partition coefficient (Wildman–Crippen LogP) is 3.36. The largest absolute Gasteiger partial charge is 0.461 e. The van der Waals surface area contributed by atoms with Crippen LogP contribution in [0.4, 0.5) is 0 Å². The summed E-state index contributed by atoms with van der Waals surface area (Å²) in [6.07, 6.45) is 3.39. The molecule has 0 bridgehead atoms.